The average Bonchev–Trinajstić information content (AvgIpc) is 2.54. The van der Waals surface area contributed by atoms with Gasteiger partial charge < -0.3 is 10.6 Å². The molecule has 0 spiro atoms. The van der Waals surface area contributed by atoms with Crippen molar-refractivity contribution in [2.24, 2.45) is 5.92 Å². The van der Waals surface area contributed by atoms with Gasteiger partial charge in [-0.1, -0.05) is 18.2 Å². The van der Waals surface area contributed by atoms with Gasteiger partial charge in [-0.15, -0.1) is 0 Å². The minimum absolute atomic E-state index is 0.125. The van der Waals surface area contributed by atoms with Crippen LogP contribution in [0.2, 0.25) is 0 Å². The Kier molecular flexibility index (Phi) is 5.45. The second-order valence-electron chi connectivity index (χ2n) is 4.99. The lowest BCUT2D eigenvalue weighted by Crippen LogP contribution is -2.44. The van der Waals surface area contributed by atoms with Crippen LogP contribution in [0.5, 0.6) is 0 Å². The molecule has 21 heavy (non-hydrogen) atoms. The summed E-state index contributed by atoms with van der Waals surface area (Å²) in [6, 6.07) is 8.62. The van der Waals surface area contributed by atoms with Gasteiger partial charge in [0.2, 0.25) is 11.8 Å². The number of benzene rings is 1. The molecule has 0 bridgehead atoms. The van der Waals surface area contributed by atoms with Gasteiger partial charge in [-0.05, 0) is 38.1 Å². The van der Waals surface area contributed by atoms with Crippen molar-refractivity contribution >= 4 is 17.7 Å². The lowest BCUT2D eigenvalue weighted by molar-refractivity contribution is -0.132. The number of imide groups is 1. The Morgan fingerprint density at radius 3 is 2.43 bits per heavy atom. The largest absolute Gasteiger partial charge is 0.343 e. The molecule has 1 aliphatic rings. The number of carbonyl (C=O) groups excluding carboxylic acids is 3. The van der Waals surface area contributed by atoms with E-state index in [-0.39, 0.29) is 24.3 Å². The molecule has 0 atom stereocenters. The molecule has 3 N–H and O–H groups in total. The zero-order chi connectivity index (χ0) is 15.1. The van der Waals surface area contributed by atoms with Crippen molar-refractivity contribution in [1.29, 1.82) is 0 Å². The molecule has 1 fully saturated rings. The van der Waals surface area contributed by atoms with Gasteiger partial charge in [-0.3, -0.25) is 19.7 Å². The summed E-state index contributed by atoms with van der Waals surface area (Å²) in [5.41, 5.74) is 0.481. The second kappa shape index (κ2) is 7.54. The Hall–Kier alpha value is -2.21. The maximum Gasteiger partial charge on any atom is 0.251 e. The summed E-state index contributed by atoms with van der Waals surface area (Å²) in [5, 5.41) is 7.99. The second-order valence-corrected chi connectivity index (χ2v) is 4.99. The number of hydrogen-bond acceptors (Lipinski definition) is 4. The van der Waals surface area contributed by atoms with Crippen molar-refractivity contribution in [3.05, 3.63) is 35.9 Å². The van der Waals surface area contributed by atoms with Gasteiger partial charge in [0.15, 0.2) is 0 Å². The zero-order valence-corrected chi connectivity index (χ0v) is 11.7. The van der Waals surface area contributed by atoms with Crippen molar-refractivity contribution in [1.82, 2.24) is 16.0 Å². The minimum atomic E-state index is -0.484. The SMILES string of the molecule is O=C(CNC(=O)c1ccccc1)NC(=O)C1CCNCC1. The zero-order valence-electron chi connectivity index (χ0n) is 11.7. The van der Waals surface area contributed by atoms with Gasteiger partial charge in [0.25, 0.3) is 5.91 Å². The van der Waals surface area contributed by atoms with E-state index in [9.17, 15) is 14.4 Å². The highest BCUT2D eigenvalue weighted by atomic mass is 16.2. The smallest absolute Gasteiger partial charge is 0.251 e. The van der Waals surface area contributed by atoms with Crippen LogP contribution in [0, 0.1) is 5.92 Å². The van der Waals surface area contributed by atoms with E-state index >= 15 is 0 Å². The van der Waals surface area contributed by atoms with Crippen LogP contribution in [0.25, 0.3) is 0 Å². The van der Waals surface area contributed by atoms with Crippen LogP contribution < -0.4 is 16.0 Å². The van der Waals surface area contributed by atoms with E-state index in [1.807, 2.05) is 0 Å². The predicted octanol–water partition coefficient (Wildman–Crippen LogP) is 0.0588. The van der Waals surface area contributed by atoms with Crippen molar-refractivity contribution in [2.45, 2.75) is 12.8 Å². The molecule has 1 heterocycles. The first-order valence-corrected chi connectivity index (χ1v) is 7.04. The molecule has 0 aliphatic carbocycles. The van der Waals surface area contributed by atoms with E-state index < -0.39 is 5.91 Å². The van der Waals surface area contributed by atoms with Crippen LogP contribution in [0.1, 0.15) is 23.2 Å². The Bertz CT molecular complexity index is 510. The van der Waals surface area contributed by atoms with Crippen LogP contribution in [0.3, 0.4) is 0 Å². The summed E-state index contributed by atoms with van der Waals surface area (Å²) in [4.78, 5) is 35.3. The van der Waals surface area contributed by atoms with Crippen molar-refractivity contribution in [3.63, 3.8) is 0 Å². The van der Waals surface area contributed by atoms with E-state index in [1.54, 1.807) is 30.3 Å². The molecule has 112 valence electrons. The number of nitrogens with one attached hydrogen (secondary N) is 3. The lowest BCUT2D eigenvalue weighted by Gasteiger charge is -2.21. The topological polar surface area (TPSA) is 87.3 Å². The van der Waals surface area contributed by atoms with Crippen LogP contribution in [-0.2, 0) is 9.59 Å². The number of rotatable bonds is 4. The maximum atomic E-state index is 11.9. The fourth-order valence-electron chi connectivity index (χ4n) is 2.22. The molecule has 0 aromatic heterocycles. The highest BCUT2D eigenvalue weighted by Gasteiger charge is 2.22. The number of piperidine rings is 1. The van der Waals surface area contributed by atoms with Gasteiger partial charge in [-0.2, -0.15) is 0 Å². The van der Waals surface area contributed by atoms with Gasteiger partial charge >= 0.3 is 0 Å². The van der Waals surface area contributed by atoms with E-state index in [1.165, 1.54) is 0 Å². The molecule has 0 saturated carbocycles. The molecule has 6 heteroatoms. The average molecular weight is 289 g/mol. The molecule has 1 aromatic rings. The quantitative estimate of drug-likeness (QED) is 0.731. The minimum Gasteiger partial charge on any atom is -0.343 e. The van der Waals surface area contributed by atoms with Gasteiger partial charge in [-0.25, -0.2) is 0 Å². The summed E-state index contributed by atoms with van der Waals surface area (Å²) < 4.78 is 0. The Balaban J connectivity index is 1.74. The third-order valence-electron chi connectivity index (χ3n) is 3.42. The first-order chi connectivity index (χ1) is 10.2. The summed E-state index contributed by atoms with van der Waals surface area (Å²) in [7, 11) is 0. The Morgan fingerprint density at radius 2 is 1.76 bits per heavy atom. The summed E-state index contributed by atoms with van der Waals surface area (Å²) >= 11 is 0. The molecule has 2 rings (SSSR count). The number of amides is 3. The van der Waals surface area contributed by atoms with Gasteiger partial charge in [0.05, 0.1) is 6.54 Å². The molecule has 1 aromatic carbocycles. The molecule has 0 radical (unpaired) electrons. The third-order valence-corrected chi connectivity index (χ3v) is 3.42. The summed E-state index contributed by atoms with van der Waals surface area (Å²) in [5.74, 6) is -1.20. The van der Waals surface area contributed by atoms with Crippen molar-refractivity contribution in [3.8, 4) is 0 Å². The normalized spacial score (nSPS) is 15.2. The van der Waals surface area contributed by atoms with Crippen LogP contribution in [0.15, 0.2) is 30.3 Å². The highest BCUT2D eigenvalue weighted by molar-refractivity contribution is 6.00. The van der Waals surface area contributed by atoms with Crippen LogP contribution in [-0.4, -0.2) is 37.4 Å². The summed E-state index contributed by atoms with van der Waals surface area (Å²) in [6.07, 6.45) is 1.46. The van der Waals surface area contributed by atoms with Gasteiger partial charge in [0, 0.05) is 11.5 Å². The van der Waals surface area contributed by atoms with E-state index in [4.69, 9.17) is 0 Å². The fourth-order valence-corrected chi connectivity index (χ4v) is 2.22. The third kappa shape index (κ3) is 4.68. The summed E-state index contributed by atoms with van der Waals surface area (Å²) in [6.45, 7) is 1.37. The first-order valence-electron chi connectivity index (χ1n) is 7.04. The predicted molar refractivity (Wildman–Crippen MR) is 77.5 cm³/mol. The first kappa shape index (κ1) is 15.2. The molecule has 0 unspecified atom stereocenters. The molecule has 3 amide bonds. The lowest BCUT2D eigenvalue weighted by atomic mass is 9.97. The van der Waals surface area contributed by atoms with E-state index in [2.05, 4.69) is 16.0 Å². The fraction of sp³-hybridized carbons (Fsp3) is 0.400. The molecular formula is C15H19N3O3. The molecule has 6 nitrogen and oxygen atoms in total. The monoisotopic (exact) mass is 289 g/mol. The molecule has 1 saturated heterocycles. The van der Waals surface area contributed by atoms with Crippen LogP contribution in [0.4, 0.5) is 0 Å². The molecule has 1 aliphatic heterocycles. The van der Waals surface area contributed by atoms with Crippen LogP contribution >= 0.6 is 0 Å². The van der Waals surface area contributed by atoms with E-state index in [0.717, 1.165) is 25.9 Å². The highest BCUT2D eigenvalue weighted by Crippen LogP contribution is 2.11. The molecular weight excluding hydrogens is 270 g/mol. The number of hydrogen-bond donors (Lipinski definition) is 3. The number of carbonyl (C=O) groups is 3. The van der Waals surface area contributed by atoms with E-state index in [0.29, 0.717) is 5.56 Å². The standard InChI is InChI=1S/C15H19N3O3/c19-13(18-15(21)12-6-8-16-9-7-12)10-17-14(20)11-4-2-1-3-5-11/h1-5,12,16H,6-10H2,(H,17,20)(H,18,19,21). The Labute approximate surface area is 123 Å². The van der Waals surface area contributed by atoms with Crippen molar-refractivity contribution in [2.75, 3.05) is 19.6 Å². The maximum absolute atomic E-state index is 11.9. The Morgan fingerprint density at radius 1 is 1.10 bits per heavy atom. The van der Waals surface area contributed by atoms with Crippen molar-refractivity contribution < 1.29 is 14.4 Å². The van der Waals surface area contributed by atoms with Gasteiger partial charge in [0.1, 0.15) is 0 Å².